The van der Waals surface area contributed by atoms with Crippen LogP contribution in [0.4, 0.5) is 13.2 Å². The first-order valence-corrected chi connectivity index (χ1v) is 9.53. The largest absolute Gasteiger partial charge is 0.489 e. The molecule has 1 atom stereocenters. The molecule has 156 valence electrons. The van der Waals surface area contributed by atoms with Crippen LogP contribution in [-0.4, -0.2) is 32.9 Å². The Bertz CT molecular complexity index is 1080. The first kappa shape index (κ1) is 20.2. The van der Waals surface area contributed by atoms with E-state index in [0.717, 1.165) is 28.5 Å². The van der Waals surface area contributed by atoms with Crippen LogP contribution in [0.2, 0.25) is 0 Å². The van der Waals surface area contributed by atoms with Crippen LogP contribution >= 0.6 is 0 Å². The molecular formula is C22H20F3N3O2. The Morgan fingerprint density at radius 3 is 2.60 bits per heavy atom. The van der Waals surface area contributed by atoms with Crippen LogP contribution in [0, 0.1) is 0 Å². The lowest BCUT2D eigenvalue weighted by molar-refractivity contribution is -0.269. The van der Waals surface area contributed by atoms with E-state index in [-0.39, 0.29) is 6.54 Å². The lowest BCUT2D eigenvalue weighted by atomic mass is 9.94. The second-order valence-corrected chi connectivity index (χ2v) is 7.14. The normalized spacial score (nSPS) is 15.7. The number of rotatable bonds is 5. The van der Waals surface area contributed by atoms with Crippen molar-refractivity contribution in [1.29, 1.82) is 0 Å². The molecule has 0 spiro atoms. The van der Waals surface area contributed by atoms with E-state index in [4.69, 9.17) is 4.74 Å². The molecular weight excluding hydrogens is 395 g/mol. The van der Waals surface area contributed by atoms with Crippen molar-refractivity contribution in [2.45, 2.75) is 31.7 Å². The number of benzene rings is 2. The number of halogens is 3. The predicted molar refractivity (Wildman–Crippen MR) is 105 cm³/mol. The van der Waals surface area contributed by atoms with Gasteiger partial charge in [-0.25, -0.2) is 4.68 Å². The number of hydrogen-bond donors (Lipinski definition) is 1. The molecule has 0 amide bonds. The van der Waals surface area contributed by atoms with E-state index < -0.39 is 23.9 Å². The molecule has 0 saturated heterocycles. The average Bonchev–Trinajstić information content (AvgIpc) is 3.21. The van der Waals surface area contributed by atoms with Gasteiger partial charge in [-0.05, 0) is 35.3 Å². The Balaban J connectivity index is 1.58. The monoisotopic (exact) mass is 415 g/mol. The van der Waals surface area contributed by atoms with Crippen molar-refractivity contribution in [3.8, 4) is 5.75 Å². The lowest BCUT2D eigenvalue weighted by Crippen LogP contribution is -2.42. The maximum Gasteiger partial charge on any atom is 0.423 e. The third kappa shape index (κ3) is 3.59. The summed E-state index contributed by atoms with van der Waals surface area (Å²) in [4.78, 5) is 0. The molecule has 1 aromatic heterocycles. The highest BCUT2D eigenvalue weighted by molar-refractivity contribution is 5.84. The minimum atomic E-state index is -4.83. The lowest BCUT2D eigenvalue weighted by Gasteiger charge is -2.26. The van der Waals surface area contributed by atoms with Gasteiger partial charge in [0.2, 0.25) is 5.60 Å². The van der Waals surface area contributed by atoms with Gasteiger partial charge >= 0.3 is 6.18 Å². The molecule has 1 N–H and O–H groups in total. The van der Waals surface area contributed by atoms with Crippen LogP contribution in [0.15, 0.2) is 60.8 Å². The highest BCUT2D eigenvalue weighted by Crippen LogP contribution is 2.40. The third-order valence-corrected chi connectivity index (χ3v) is 5.23. The molecule has 0 unspecified atom stereocenters. The Morgan fingerprint density at radius 1 is 1.13 bits per heavy atom. The molecule has 8 heteroatoms. The number of ether oxygens (including phenoxy) is 1. The summed E-state index contributed by atoms with van der Waals surface area (Å²) < 4.78 is 46.8. The van der Waals surface area contributed by atoms with Gasteiger partial charge in [0, 0.05) is 5.56 Å². The van der Waals surface area contributed by atoms with Crippen LogP contribution < -0.4 is 4.74 Å². The number of hydrogen-bond acceptors (Lipinski definition) is 4. The number of aromatic nitrogens is 3. The smallest absolute Gasteiger partial charge is 0.423 e. The van der Waals surface area contributed by atoms with Gasteiger partial charge < -0.3 is 9.84 Å². The molecule has 0 fully saturated rings. The van der Waals surface area contributed by atoms with Gasteiger partial charge in [0.1, 0.15) is 18.1 Å². The summed E-state index contributed by atoms with van der Waals surface area (Å²) in [6.45, 7) is 1.89. The van der Waals surface area contributed by atoms with Gasteiger partial charge in [-0.1, -0.05) is 54.6 Å². The van der Waals surface area contributed by atoms with Gasteiger partial charge in [-0.3, -0.25) is 0 Å². The predicted octanol–water partition coefficient (Wildman–Crippen LogP) is 4.31. The zero-order valence-electron chi connectivity index (χ0n) is 16.2. The summed E-state index contributed by atoms with van der Waals surface area (Å²) in [6.07, 6.45) is -2.23. The molecule has 0 bridgehead atoms. The standard InChI is InChI=1S/C22H20F3N3O2/c1-2-21(29,22(23,24)25)20-14-28(27-26-20)13-15-8-9-18-17(10-11-30-19(18)12-15)16-6-4-3-5-7-16/h3-10,12,14,29H,2,11,13H2,1H3/t21-/m0/s1. The minimum Gasteiger partial charge on any atom is -0.489 e. The van der Waals surface area contributed by atoms with Crippen LogP contribution in [0.25, 0.3) is 5.57 Å². The van der Waals surface area contributed by atoms with Gasteiger partial charge in [-0.2, -0.15) is 13.2 Å². The zero-order chi connectivity index (χ0) is 21.4. The zero-order valence-corrected chi connectivity index (χ0v) is 16.2. The van der Waals surface area contributed by atoms with E-state index in [0.29, 0.717) is 12.4 Å². The average molecular weight is 415 g/mol. The van der Waals surface area contributed by atoms with E-state index >= 15 is 0 Å². The van der Waals surface area contributed by atoms with Gasteiger partial charge in [-0.15, -0.1) is 5.10 Å². The maximum atomic E-state index is 13.2. The molecule has 2 aromatic carbocycles. The Hall–Kier alpha value is -3.13. The molecule has 0 aliphatic carbocycles. The molecule has 0 radical (unpaired) electrons. The van der Waals surface area contributed by atoms with Crippen molar-refractivity contribution in [3.63, 3.8) is 0 Å². The molecule has 0 saturated carbocycles. The van der Waals surface area contributed by atoms with Crippen molar-refractivity contribution in [2.75, 3.05) is 6.61 Å². The Labute approximate surface area is 171 Å². The summed E-state index contributed by atoms with van der Waals surface area (Å²) in [5, 5.41) is 17.4. The third-order valence-electron chi connectivity index (χ3n) is 5.23. The van der Waals surface area contributed by atoms with Crippen LogP contribution in [-0.2, 0) is 12.1 Å². The van der Waals surface area contributed by atoms with Crippen molar-refractivity contribution >= 4 is 5.57 Å². The molecule has 2 heterocycles. The van der Waals surface area contributed by atoms with E-state index in [1.807, 2.05) is 54.6 Å². The second-order valence-electron chi connectivity index (χ2n) is 7.14. The first-order chi connectivity index (χ1) is 14.3. The van der Waals surface area contributed by atoms with Crippen molar-refractivity contribution < 1.29 is 23.0 Å². The SMILES string of the molecule is CC[C@](O)(c1cn(Cc2ccc3c(c2)OCC=C3c2ccccc2)nn1)C(F)(F)F. The fourth-order valence-electron chi connectivity index (χ4n) is 3.50. The van der Waals surface area contributed by atoms with Crippen LogP contribution in [0.1, 0.15) is 35.7 Å². The number of nitrogens with zero attached hydrogens (tertiary/aromatic N) is 3. The van der Waals surface area contributed by atoms with Gasteiger partial charge in [0.15, 0.2) is 0 Å². The van der Waals surface area contributed by atoms with Crippen molar-refractivity contribution in [2.24, 2.45) is 0 Å². The summed E-state index contributed by atoms with van der Waals surface area (Å²) in [7, 11) is 0. The fourth-order valence-corrected chi connectivity index (χ4v) is 3.50. The molecule has 1 aliphatic rings. The van der Waals surface area contributed by atoms with Gasteiger partial charge in [0.25, 0.3) is 0 Å². The molecule has 5 nitrogen and oxygen atoms in total. The first-order valence-electron chi connectivity index (χ1n) is 9.53. The summed E-state index contributed by atoms with van der Waals surface area (Å²) in [5.41, 5.74) is 0.381. The van der Waals surface area contributed by atoms with E-state index in [1.165, 1.54) is 11.6 Å². The van der Waals surface area contributed by atoms with E-state index in [1.54, 1.807) is 0 Å². The van der Waals surface area contributed by atoms with Crippen LogP contribution in [0.5, 0.6) is 5.75 Å². The summed E-state index contributed by atoms with van der Waals surface area (Å²) >= 11 is 0. The van der Waals surface area contributed by atoms with Gasteiger partial charge in [0.05, 0.1) is 12.7 Å². The van der Waals surface area contributed by atoms with Crippen molar-refractivity contribution in [1.82, 2.24) is 15.0 Å². The number of fused-ring (bicyclic) bond motifs is 1. The molecule has 4 rings (SSSR count). The minimum absolute atomic E-state index is 0.200. The highest BCUT2D eigenvalue weighted by Gasteiger charge is 2.55. The Morgan fingerprint density at radius 2 is 1.90 bits per heavy atom. The van der Waals surface area contributed by atoms with Crippen molar-refractivity contribution in [3.05, 3.63) is 83.2 Å². The maximum absolute atomic E-state index is 13.2. The highest BCUT2D eigenvalue weighted by atomic mass is 19.4. The Kier molecular flexibility index (Phi) is 5.11. The number of alkyl halides is 3. The molecule has 1 aliphatic heterocycles. The topological polar surface area (TPSA) is 60.2 Å². The summed E-state index contributed by atoms with van der Waals surface area (Å²) in [6, 6.07) is 15.6. The molecule has 30 heavy (non-hydrogen) atoms. The molecule has 3 aromatic rings. The quantitative estimate of drug-likeness (QED) is 0.675. The van der Waals surface area contributed by atoms with Crippen LogP contribution in [0.3, 0.4) is 0 Å². The van der Waals surface area contributed by atoms with E-state index in [9.17, 15) is 18.3 Å². The number of aliphatic hydroxyl groups is 1. The van der Waals surface area contributed by atoms with E-state index in [2.05, 4.69) is 10.3 Å². The fraction of sp³-hybridized carbons (Fsp3) is 0.273. The summed E-state index contributed by atoms with van der Waals surface area (Å²) in [5.74, 6) is 0.703. The second kappa shape index (κ2) is 7.60.